The number of imidazole rings is 1. The average molecular weight is 360 g/mol. The van der Waals surface area contributed by atoms with Gasteiger partial charge in [-0.15, -0.1) is 0 Å². The van der Waals surface area contributed by atoms with Crippen molar-refractivity contribution >= 4 is 10.0 Å². The third-order valence-corrected chi connectivity index (χ3v) is 7.30. The molecule has 25 heavy (non-hydrogen) atoms. The summed E-state index contributed by atoms with van der Waals surface area (Å²) in [5, 5.41) is 0. The van der Waals surface area contributed by atoms with Gasteiger partial charge in [0, 0.05) is 50.3 Å². The molecule has 2 aliphatic rings. The van der Waals surface area contributed by atoms with E-state index in [4.69, 9.17) is 0 Å². The van der Waals surface area contributed by atoms with E-state index < -0.39 is 10.0 Å². The fourth-order valence-corrected chi connectivity index (χ4v) is 5.30. The van der Waals surface area contributed by atoms with Crippen LogP contribution >= 0.6 is 0 Å². The Balaban J connectivity index is 1.53. The van der Waals surface area contributed by atoms with E-state index in [1.165, 1.54) is 25.5 Å². The van der Waals surface area contributed by atoms with Gasteiger partial charge in [0.2, 0.25) is 10.0 Å². The first-order chi connectivity index (χ1) is 12.1. The minimum Gasteiger partial charge on any atom is -0.334 e. The number of sulfonamides is 1. The Labute approximate surface area is 149 Å². The molecule has 4 rings (SSSR count). The zero-order valence-electron chi connectivity index (χ0n) is 14.3. The van der Waals surface area contributed by atoms with E-state index in [-0.39, 0.29) is 10.8 Å². The Morgan fingerprint density at radius 3 is 2.76 bits per heavy atom. The van der Waals surface area contributed by atoms with Crippen molar-refractivity contribution in [3.63, 3.8) is 0 Å². The van der Waals surface area contributed by atoms with Gasteiger partial charge in [0.1, 0.15) is 10.7 Å². The second-order valence-corrected chi connectivity index (χ2v) is 9.06. The van der Waals surface area contributed by atoms with Crippen LogP contribution in [0.3, 0.4) is 0 Å². The van der Waals surface area contributed by atoms with Crippen LogP contribution in [-0.4, -0.2) is 40.3 Å². The molecule has 6 nitrogen and oxygen atoms in total. The number of nitrogens with zero attached hydrogens (tertiary/aromatic N) is 4. The van der Waals surface area contributed by atoms with E-state index in [9.17, 15) is 8.42 Å². The SMILES string of the molecule is O=S(=O)(c1cccnc1)N1CCCC(c2nccn2CC2CCC2)C1. The standard InChI is InChI=1S/C18H24N4O2S/c23-25(24,17-7-2-8-19-12-17)22-10-3-6-16(14-22)18-20-9-11-21(18)13-15-4-1-5-15/h2,7-9,11-12,15-16H,1,3-6,10,13-14H2. The molecule has 3 heterocycles. The fraction of sp³-hybridized carbons (Fsp3) is 0.556. The van der Waals surface area contributed by atoms with Gasteiger partial charge in [-0.3, -0.25) is 4.98 Å². The molecule has 134 valence electrons. The Morgan fingerprint density at radius 2 is 2.04 bits per heavy atom. The monoisotopic (exact) mass is 360 g/mol. The van der Waals surface area contributed by atoms with Gasteiger partial charge >= 0.3 is 0 Å². The molecule has 0 bridgehead atoms. The zero-order valence-corrected chi connectivity index (χ0v) is 15.1. The maximum atomic E-state index is 12.9. The molecule has 1 unspecified atom stereocenters. The molecule has 0 spiro atoms. The van der Waals surface area contributed by atoms with Crippen molar-refractivity contribution in [1.82, 2.24) is 18.8 Å². The summed E-state index contributed by atoms with van der Waals surface area (Å²) in [5.74, 6) is 1.96. The van der Waals surface area contributed by atoms with Gasteiger partial charge in [0.05, 0.1) is 0 Å². The lowest BCUT2D eigenvalue weighted by Gasteiger charge is -2.33. The van der Waals surface area contributed by atoms with E-state index in [2.05, 4.69) is 14.5 Å². The zero-order chi connectivity index (χ0) is 17.3. The Morgan fingerprint density at radius 1 is 1.16 bits per heavy atom. The molecule has 0 radical (unpaired) electrons. The van der Waals surface area contributed by atoms with Crippen molar-refractivity contribution in [2.75, 3.05) is 13.1 Å². The molecule has 2 aromatic rings. The summed E-state index contributed by atoms with van der Waals surface area (Å²) >= 11 is 0. The van der Waals surface area contributed by atoms with Gasteiger partial charge < -0.3 is 4.57 Å². The fourth-order valence-electron chi connectivity index (χ4n) is 3.81. The molecule has 1 aliphatic carbocycles. The number of hydrogen-bond donors (Lipinski definition) is 0. The van der Waals surface area contributed by atoms with Gasteiger partial charge in [0.15, 0.2) is 0 Å². The molecular weight excluding hydrogens is 336 g/mol. The lowest BCUT2D eigenvalue weighted by Crippen LogP contribution is -2.39. The molecule has 0 N–H and O–H groups in total. The predicted molar refractivity (Wildman–Crippen MR) is 94.5 cm³/mol. The van der Waals surface area contributed by atoms with Gasteiger partial charge in [-0.05, 0) is 43.7 Å². The summed E-state index contributed by atoms with van der Waals surface area (Å²) in [6, 6.07) is 3.28. The van der Waals surface area contributed by atoms with Crippen molar-refractivity contribution in [1.29, 1.82) is 0 Å². The quantitative estimate of drug-likeness (QED) is 0.822. The molecule has 1 saturated carbocycles. The smallest absolute Gasteiger partial charge is 0.244 e. The van der Waals surface area contributed by atoms with E-state index in [0.29, 0.717) is 13.1 Å². The molecule has 1 saturated heterocycles. The van der Waals surface area contributed by atoms with Crippen LogP contribution in [0.4, 0.5) is 0 Å². The normalized spacial score (nSPS) is 22.6. The van der Waals surface area contributed by atoms with Crippen LogP contribution in [0.5, 0.6) is 0 Å². The van der Waals surface area contributed by atoms with Gasteiger partial charge in [-0.25, -0.2) is 13.4 Å². The Hall–Kier alpha value is -1.73. The Kier molecular flexibility index (Phi) is 4.60. The summed E-state index contributed by atoms with van der Waals surface area (Å²) in [6.45, 7) is 2.08. The van der Waals surface area contributed by atoms with Crippen molar-refractivity contribution in [2.45, 2.75) is 49.5 Å². The van der Waals surface area contributed by atoms with E-state index in [1.54, 1.807) is 22.6 Å². The summed E-state index contributed by atoms with van der Waals surface area (Å²) < 4.78 is 29.6. The number of hydrogen-bond acceptors (Lipinski definition) is 4. The highest BCUT2D eigenvalue weighted by Gasteiger charge is 2.33. The van der Waals surface area contributed by atoms with Crippen molar-refractivity contribution in [3.05, 3.63) is 42.7 Å². The van der Waals surface area contributed by atoms with Crippen LogP contribution in [0.25, 0.3) is 0 Å². The highest BCUT2D eigenvalue weighted by molar-refractivity contribution is 7.89. The summed E-state index contributed by atoms with van der Waals surface area (Å²) in [7, 11) is -3.48. The van der Waals surface area contributed by atoms with Crippen molar-refractivity contribution in [2.24, 2.45) is 5.92 Å². The number of pyridine rings is 1. The molecule has 1 atom stereocenters. The largest absolute Gasteiger partial charge is 0.334 e. The molecule has 0 aromatic carbocycles. The van der Waals surface area contributed by atoms with Crippen LogP contribution in [0.1, 0.15) is 43.8 Å². The summed E-state index contributed by atoms with van der Waals surface area (Å²) in [5.41, 5.74) is 0. The van der Waals surface area contributed by atoms with E-state index in [1.807, 2.05) is 12.4 Å². The highest BCUT2D eigenvalue weighted by Crippen LogP contribution is 2.32. The lowest BCUT2D eigenvalue weighted by atomic mass is 9.85. The van der Waals surface area contributed by atoms with Gasteiger partial charge in [0.25, 0.3) is 0 Å². The highest BCUT2D eigenvalue weighted by atomic mass is 32.2. The summed E-state index contributed by atoms with van der Waals surface area (Å²) in [4.78, 5) is 8.80. The van der Waals surface area contributed by atoms with Crippen molar-refractivity contribution < 1.29 is 8.42 Å². The van der Waals surface area contributed by atoms with Gasteiger partial charge in [-0.2, -0.15) is 4.31 Å². The number of aromatic nitrogens is 3. The predicted octanol–water partition coefficient (Wildman–Crippen LogP) is 2.65. The molecular formula is C18H24N4O2S. The Bertz CT molecular complexity index is 815. The van der Waals surface area contributed by atoms with Crippen molar-refractivity contribution in [3.8, 4) is 0 Å². The number of piperidine rings is 1. The third-order valence-electron chi connectivity index (χ3n) is 5.45. The molecule has 2 fully saturated rings. The first-order valence-electron chi connectivity index (χ1n) is 9.06. The van der Waals surface area contributed by atoms with E-state index in [0.717, 1.165) is 31.1 Å². The van der Waals surface area contributed by atoms with Crippen LogP contribution in [0, 0.1) is 5.92 Å². The first-order valence-corrected chi connectivity index (χ1v) is 10.5. The van der Waals surface area contributed by atoms with Gasteiger partial charge in [-0.1, -0.05) is 6.42 Å². The van der Waals surface area contributed by atoms with Crippen LogP contribution < -0.4 is 0 Å². The average Bonchev–Trinajstić information content (AvgIpc) is 3.07. The molecule has 1 aliphatic heterocycles. The second-order valence-electron chi connectivity index (χ2n) is 7.13. The molecule has 2 aromatic heterocycles. The molecule has 0 amide bonds. The lowest BCUT2D eigenvalue weighted by molar-refractivity contribution is 0.262. The second kappa shape index (κ2) is 6.88. The van der Waals surface area contributed by atoms with E-state index >= 15 is 0 Å². The first kappa shape index (κ1) is 16.7. The summed E-state index contributed by atoms with van der Waals surface area (Å²) in [6.07, 6.45) is 12.7. The maximum Gasteiger partial charge on any atom is 0.244 e. The van der Waals surface area contributed by atoms with Crippen LogP contribution in [0.15, 0.2) is 41.8 Å². The third kappa shape index (κ3) is 3.35. The van der Waals surface area contributed by atoms with Crippen LogP contribution in [0.2, 0.25) is 0 Å². The molecule has 7 heteroatoms. The minimum atomic E-state index is -3.48. The maximum absolute atomic E-state index is 12.9. The minimum absolute atomic E-state index is 0.162. The van der Waals surface area contributed by atoms with Crippen LogP contribution in [-0.2, 0) is 16.6 Å². The number of rotatable bonds is 5. The topological polar surface area (TPSA) is 68.1 Å².